The monoisotopic (exact) mass is 434 g/mol. The second-order valence-electron chi connectivity index (χ2n) is 8.63. The van der Waals surface area contributed by atoms with Crippen molar-refractivity contribution in [2.24, 2.45) is 0 Å². The maximum absolute atomic E-state index is 5.70. The number of rotatable bonds is 6. The van der Waals surface area contributed by atoms with Crippen LogP contribution in [-0.4, -0.2) is 71.8 Å². The van der Waals surface area contributed by atoms with Crippen LogP contribution in [0.3, 0.4) is 0 Å². The van der Waals surface area contributed by atoms with Gasteiger partial charge in [0.2, 0.25) is 11.7 Å². The van der Waals surface area contributed by atoms with Gasteiger partial charge in [0.25, 0.3) is 0 Å². The van der Waals surface area contributed by atoms with Gasteiger partial charge in [-0.15, -0.1) is 0 Å². The number of ether oxygens (including phenoxy) is 1. The van der Waals surface area contributed by atoms with E-state index in [1.807, 2.05) is 24.4 Å². The number of pyridine rings is 1. The van der Waals surface area contributed by atoms with Gasteiger partial charge in [-0.3, -0.25) is 4.90 Å². The van der Waals surface area contributed by atoms with Crippen molar-refractivity contribution in [1.82, 2.24) is 24.9 Å². The van der Waals surface area contributed by atoms with Crippen LogP contribution in [0.2, 0.25) is 0 Å². The van der Waals surface area contributed by atoms with Crippen LogP contribution in [0.1, 0.15) is 30.3 Å². The van der Waals surface area contributed by atoms with Crippen LogP contribution in [-0.2, 0) is 6.54 Å². The van der Waals surface area contributed by atoms with Crippen molar-refractivity contribution in [3.05, 3.63) is 54.0 Å². The summed E-state index contributed by atoms with van der Waals surface area (Å²) in [6, 6.07) is 12.5. The van der Waals surface area contributed by atoms with Crippen molar-refractivity contribution in [2.75, 3.05) is 51.8 Å². The molecule has 0 radical (unpaired) electrons. The molecule has 1 atom stereocenters. The lowest BCUT2D eigenvalue weighted by Crippen LogP contribution is -2.44. The highest BCUT2D eigenvalue weighted by Crippen LogP contribution is 2.33. The fourth-order valence-electron chi connectivity index (χ4n) is 4.49. The van der Waals surface area contributed by atoms with Crippen molar-refractivity contribution in [2.45, 2.75) is 25.4 Å². The third-order valence-corrected chi connectivity index (χ3v) is 6.47. The number of nitrogens with zero attached hydrogens (tertiary/aromatic N) is 6. The number of anilines is 1. The summed E-state index contributed by atoms with van der Waals surface area (Å²) in [4.78, 5) is 16.5. The van der Waals surface area contributed by atoms with E-state index in [1.54, 1.807) is 7.11 Å². The van der Waals surface area contributed by atoms with Gasteiger partial charge in [-0.25, -0.2) is 4.98 Å². The summed E-state index contributed by atoms with van der Waals surface area (Å²) in [5.74, 6) is 3.18. The SMILES string of the molecule is COc1ccc(CN2CCCC2c2nc(-c3ccc(N4CCN(C)CC4)nc3)no2)cc1. The van der Waals surface area contributed by atoms with E-state index >= 15 is 0 Å². The van der Waals surface area contributed by atoms with Crippen molar-refractivity contribution in [3.8, 4) is 17.1 Å². The minimum Gasteiger partial charge on any atom is -0.497 e. The van der Waals surface area contributed by atoms with Crippen LogP contribution >= 0.6 is 0 Å². The molecule has 0 saturated carbocycles. The van der Waals surface area contributed by atoms with Gasteiger partial charge in [0, 0.05) is 44.5 Å². The van der Waals surface area contributed by atoms with Crippen LogP contribution in [0, 0.1) is 0 Å². The Kier molecular flexibility index (Phi) is 6.05. The zero-order chi connectivity index (χ0) is 21.9. The van der Waals surface area contributed by atoms with E-state index in [1.165, 1.54) is 5.56 Å². The van der Waals surface area contributed by atoms with E-state index in [0.29, 0.717) is 11.7 Å². The van der Waals surface area contributed by atoms with E-state index in [9.17, 15) is 0 Å². The largest absolute Gasteiger partial charge is 0.497 e. The highest BCUT2D eigenvalue weighted by Gasteiger charge is 2.31. The van der Waals surface area contributed by atoms with E-state index in [-0.39, 0.29) is 6.04 Å². The second-order valence-corrected chi connectivity index (χ2v) is 8.63. The molecule has 0 amide bonds. The van der Waals surface area contributed by atoms with Gasteiger partial charge in [-0.1, -0.05) is 17.3 Å². The fourth-order valence-corrected chi connectivity index (χ4v) is 4.49. The smallest absolute Gasteiger partial charge is 0.244 e. The Morgan fingerprint density at radius 3 is 2.56 bits per heavy atom. The van der Waals surface area contributed by atoms with Gasteiger partial charge in [0.1, 0.15) is 11.6 Å². The molecule has 2 saturated heterocycles. The predicted molar refractivity (Wildman–Crippen MR) is 123 cm³/mol. The summed E-state index contributed by atoms with van der Waals surface area (Å²) in [5, 5.41) is 4.26. The third-order valence-electron chi connectivity index (χ3n) is 6.47. The predicted octanol–water partition coefficient (Wildman–Crippen LogP) is 3.23. The molecule has 2 aromatic heterocycles. The van der Waals surface area contributed by atoms with Crippen LogP contribution in [0.15, 0.2) is 47.1 Å². The van der Waals surface area contributed by atoms with Crippen LogP contribution in [0.5, 0.6) is 5.75 Å². The first-order valence-corrected chi connectivity index (χ1v) is 11.3. The van der Waals surface area contributed by atoms with E-state index in [2.05, 4.69) is 50.1 Å². The average Bonchev–Trinajstić information content (AvgIpc) is 3.50. The quantitative estimate of drug-likeness (QED) is 0.586. The number of methoxy groups -OCH3 is 1. The maximum atomic E-state index is 5.70. The molecular formula is C24H30N6O2. The molecule has 8 heteroatoms. The van der Waals surface area contributed by atoms with E-state index in [4.69, 9.17) is 14.2 Å². The lowest BCUT2D eigenvalue weighted by atomic mass is 10.1. The summed E-state index contributed by atoms with van der Waals surface area (Å²) in [6.07, 6.45) is 4.00. The Labute approximate surface area is 188 Å². The number of benzene rings is 1. The minimum atomic E-state index is 0.149. The zero-order valence-electron chi connectivity index (χ0n) is 18.8. The second kappa shape index (κ2) is 9.26. The first kappa shape index (κ1) is 20.9. The minimum absolute atomic E-state index is 0.149. The molecule has 0 N–H and O–H groups in total. The normalized spacial score (nSPS) is 20.1. The molecule has 32 heavy (non-hydrogen) atoms. The molecule has 2 aliphatic rings. The molecule has 2 aliphatic heterocycles. The highest BCUT2D eigenvalue weighted by molar-refractivity contribution is 5.56. The van der Waals surface area contributed by atoms with Gasteiger partial charge in [0.15, 0.2) is 0 Å². The molecule has 0 aliphatic carbocycles. The number of hydrogen-bond acceptors (Lipinski definition) is 8. The topological polar surface area (TPSA) is 70.8 Å². The van der Waals surface area contributed by atoms with Gasteiger partial charge in [0.05, 0.1) is 13.2 Å². The Morgan fingerprint density at radius 2 is 1.84 bits per heavy atom. The molecule has 8 nitrogen and oxygen atoms in total. The summed E-state index contributed by atoms with van der Waals surface area (Å²) >= 11 is 0. The number of likely N-dealkylation sites (N-methyl/N-ethyl adjacent to an activating group) is 1. The van der Waals surface area contributed by atoms with Crippen molar-refractivity contribution >= 4 is 5.82 Å². The average molecular weight is 435 g/mol. The van der Waals surface area contributed by atoms with Gasteiger partial charge in [-0.05, 0) is 56.3 Å². The molecule has 2 fully saturated rings. The first-order valence-electron chi connectivity index (χ1n) is 11.3. The van der Waals surface area contributed by atoms with Crippen molar-refractivity contribution in [1.29, 1.82) is 0 Å². The Morgan fingerprint density at radius 1 is 1.03 bits per heavy atom. The van der Waals surface area contributed by atoms with Crippen molar-refractivity contribution in [3.63, 3.8) is 0 Å². The van der Waals surface area contributed by atoms with Gasteiger partial charge in [-0.2, -0.15) is 4.98 Å². The molecule has 0 spiro atoms. The number of piperazine rings is 1. The van der Waals surface area contributed by atoms with Crippen LogP contribution < -0.4 is 9.64 Å². The van der Waals surface area contributed by atoms with Crippen LogP contribution in [0.25, 0.3) is 11.4 Å². The Bertz CT molecular complexity index is 1010. The Balaban J connectivity index is 1.26. The maximum Gasteiger partial charge on any atom is 0.244 e. The van der Waals surface area contributed by atoms with E-state index < -0.39 is 0 Å². The van der Waals surface area contributed by atoms with Crippen LogP contribution in [0.4, 0.5) is 5.82 Å². The van der Waals surface area contributed by atoms with Gasteiger partial charge < -0.3 is 19.1 Å². The summed E-state index contributed by atoms with van der Waals surface area (Å²) in [7, 11) is 3.85. The van der Waals surface area contributed by atoms with Crippen molar-refractivity contribution < 1.29 is 9.26 Å². The molecule has 1 unspecified atom stereocenters. The molecule has 5 rings (SSSR count). The zero-order valence-corrected chi connectivity index (χ0v) is 18.8. The molecule has 3 aromatic rings. The van der Waals surface area contributed by atoms with E-state index in [0.717, 1.165) is 69.2 Å². The molecule has 168 valence electrons. The molecule has 0 bridgehead atoms. The Hall–Kier alpha value is -2.97. The van der Waals surface area contributed by atoms with Gasteiger partial charge >= 0.3 is 0 Å². The number of likely N-dealkylation sites (tertiary alicyclic amines) is 1. The first-order chi connectivity index (χ1) is 15.7. The molecule has 4 heterocycles. The third kappa shape index (κ3) is 4.47. The number of hydrogen-bond donors (Lipinski definition) is 0. The number of aromatic nitrogens is 3. The summed E-state index contributed by atoms with van der Waals surface area (Å²) < 4.78 is 11.0. The standard InChI is InChI=1S/C24H30N6O2/c1-28-12-14-29(15-13-28)22-10-7-19(16-25-22)23-26-24(32-27-23)21-4-3-11-30(21)17-18-5-8-20(31-2)9-6-18/h5-10,16,21H,3-4,11-15,17H2,1-2H3. The molecular weight excluding hydrogens is 404 g/mol. The molecule has 1 aromatic carbocycles. The highest BCUT2D eigenvalue weighted by atomic mass is 16.5. The summed E-state index contributed by atoms with van der Waals surface area (Å²) in [5.41, 5.74) is 2.14. The fraction of sp³-hybridized carbons (Fsp3) is 0.458. The lowest BCUT2D eigenvalue weighted by molar-refractivity contribution is 0.201. The summed E-state index contributed by atoms with van der Waals surface area (Å²) in [6.45, 7) is 6.00. The lowest BCUT2D eigenvalue weighted by Gasteiger charge is -2.33.